The van der Waals surface area contributed by atoms with Crippen LogP contribution in [0.25, 0.3) is 0 Å². The lowest BCUT2D eigenvalue weighted by atomic mass is 9.43. The monoisotopic (exact) mass is 448 g/mol. The average molecular weight is 449 g/mol. The van der Waals surface area contributed by atoms with Gasteiger partial charge in [0.05, 0.1) is 24.9 Å². The summed E-state index contributed by atoms with van der Waals surface area (Å²) in [7, 11) is 0. The zero-order valence-electron chi connectivity index (χ0n) is 20.4. The molecule has 6 aliphatic rings. The summed E-state index contributed by atoms with van der Waals surface area (Å²) in [4.78, 5) is 0. The quantitative estimate of drug-likeness (QED) is 0.524. The van der Waals surface area contributed by atoms with Gasteiger partial charge in [0, 0.05) is 17.8 Å². The van der Waals surface area contributed by atoms with Crippen LogP contribution in [0.15, 0.2) is 0 Å². The van der Waals surface area contributed by atoms with Gasteiger partial charge >= 0.3 is 0 Å². The Labute approximate surface area is 193 Å². The second kappa shape index (κ2) is 6.94. The van der Waals surface area contributed by atoms with Crippen molar-refractivity contribution in [2.45, 2.75) is 115 Å². The molecule has 13 atom stereocenters. The molecule has 0 aromatic heterocycles. The molecule has 182 valence electrons. The van der Waals surface area contributed by atoms with Gasteiger partial charge in [-0.25, -0.2) is 0 Å². The summed E-state index contributed by atoms with van der Waals surface area (Å²) in [5.41, 5.74) is -1.13. The lowest BCUT2D eigenvalue weighted by Crippen LogP contribution is -2.62. The maximum absolute atomic E-state index is 12.4. The van der Waals surface area contributed by atoms with Crippen LogP contribution in [-0.2, 0) is 9.47 Å². The predicted molar refractivity (Wildman–Crippen MR) is 121 cm³/mol. The Morgan fingerprint density at radius 1 is 0.875 bits per heavy atom. The standard InChI is InChI=1S/C27H44O5/c1-15-7-10-26(31-14-15)16(2)27(30)23(32-26)13-21-19-6-5-17-11-18(28)12-22(29)25(17,4)20(19)8-9-24(21,27)3/h15-23,28-30H,5-14H2,1-4H3. The van der Waals surface area contributed by atoms with Crippen LogP contribution in [-0.4, -0.2) is 51.6 Å². The molecule has 5 nitrogen and oxygen atoms in total. The molecule has 2 saturated heterocycles. The smallest absolute Gasteiger partial charge is 0.174 e. The highest BCUT2D eigenvalue weighted by Crippen LogP contribution is 2.72. The fourth-order valence-electron chi connectivity index (χ4n) is 10.2. The van der Waals surface area contributed by atoms with E-state index < -0.39 is 17.5 Å². The molecule has 1 spiro atoms. The van der Waals surface area contributed by atoms with Crippen LogP contribution in [0.3, 0.4) is 0 Å². The van der Waals surface area contributed by atoms with Crippen molar-refractivity contribution >= 4 is 0 Å². The van der Waals surface area contributed by atoms with Crippen molar-refractivity contribution in [3.8, 4) is 0 Å². The molecule has 0 radical (unpaired) electrons. The molecular weight excluding hydrogens is 404 g/mol. The van der Waals surface area contributed by atoms with Crippen molar-refractivity contribution < 1.29 is 24.8 Å². The first-order valence-corrected chi connectivity index (χ1v) is 13.5. The first-order chi connectivity index (χ1) is 15.1. The lowest BCUT2D eigenvalue weighted by molar-refractivity contribution is -0.275. The van der Waals surface area contributed by atoms with Gasteiger partial charge in [0.15, 0.2) is 5.79 Å². The summed E-state index contributed by atoms with van der Waals surface area (Å²) in [5.74, 6) is 1.75. The van der Waals surface area contributed by atoms with Crippen LogP contribution >= 0.6 is 0 Å². The van der Waals surface area contributed by atoms with Crippen molar-refractivity contribution in [1.29, 1.82) is 0 Å². The van der Waals surface area contributed by atoms with Crippen LogP contribution in [0.2, 0.25) is 0 Å². The topological polar surface area (TPSA) is 79.2 Å². The third-order valence-corrected chi connectivity index (χ3v) is 12.3. The van der Waals surface area contributed by atoms with Gasteiger partial charge in [-0.2, -0.15) is 0 Å². The Morgan fingerprint density at radius 2 is 1.66 bits per heavy atom. The Kier molecular flexibility index (Phi) is 4.83. The Morgan fingerprint density at radius 3 is 2.38 bits per heavy atom. The van der Waals surface area contributed by atoms with E-state index in [1.165, 1.54) is 0 Å². The van der Waals surface area contributed by atoms with E-state index in [1.54, 1.807) is 0 Å². The maximum Gasteiger partial charge on any atom is 0.174 e. The van der Waals surface area contributed by atoms with Crippen LogP contribution < -0.4 is 0 Å². The van der Waals surface area contributed by atoms with Gasteiger partial charge in [0.1, 0.15) is 5.60 Å². The molecule has 4 saturated carbocycles. The summed E-state index contributed by atoms with van der Waals surface area (Å²) >= 11 is 0. The minimum Gasteiger partial charge on any atom is -0.393 e. The van der Waals surface area contributed by atoms with Crippen LogP contribution in [0, 0.1) is 46.3 Å². The fourth-order valence-corrected chi connectivity index (χ4v) is 10.2. The predicted octanol–water partition coefficient (Wildman–Crippen LogP) is 3.88. The van der Waals surface area contributed by atoms with Gasteiger partial charge in [-0.1, -0.05) is 27.7 Å². The molecule has 0 aromatic rings. The first kappa shape index (κ1) is 22.3. The molecular formula is C27H44O5. The zero-order chi connectivity index (χ0) is 22.7. The highest BCUT2D eigenvalue weighted by molar-refractivity contribution is 5.23. The van der Waals surface area contributed by atoms with E-state index in [1.807, 2.05) is 0 Å². The van der Waals surface area contributed by atoms with Gasteiger partial charge < -0.3 is 24.8 Å². The second-order valence-corrected chi connectivity index (χ2v) is 13.3. The maximum atomic E-state index is 12.4. The van der Waals surface area contributed by atoms with E-state index >= 15 is 0 Å². The van der Waals surface area contributed by atoms with E-state index in [0.717, 1.165) is 58.0 Å². The molecule has 0 amide bonds. The summed E-state index contributed by atoms with van der Waals surface area (Å²) in [6.07, 6.45) is 7.61. The number of fused-ring (bicyclic) bond motifs is 7. The number of aliphatic hydroxyl groups excluding tert-OH is 2. The average Bonchev–Trinajstić information content (AvgIpc) is 3.10. The number of rotatable bonds is 0. The van der Waals surface area contributed by atoms with Gasteiger partial charge in [-0.15, -0.1) is 0 Å². The van der Waals surface area contributed by atoms with E-state index in [0.29, 0.717) is 36.0 Å². The number of aliphatic hydroxyl groups is 3. The van der Waals surface area contributed by atoms with Gasteiger partial charge in [0.2, 0.25) is 0 Å². The zero-order valence-corrected chi connectivity index (χ0v) is 20.4. The van der Waals surface area contributed by atoms with Crippen molar-refractivity contribution in [3.63, 3.8) is 0 Å². The summed E-state index contributed by atoms with van der Waals surface area (Å²) in [6.45, 7) is 9.79. The van der Waals surface area contributed by atoms with Crippen LogP contribution in [0.4, 0.5) is 0 Å². The highest BCUT2D eigenvalue weighted by Gasteiger charge is 2.76. The molecule has 6 rings (SSSR count). The van der Waals surface area contributed by atoms with E-state index in [2.05, 4.69) is 27.7 Å². The summed E-state index contributed by atoms with van der Waals surface area (Å²) < 4.78 is 13.1. The number of ether oxygens (including phenoxy) is 2. The van der Waals surface area contributed by atoms with Crippen LogP contribution in [0.1, 0.15) is 85.5 Å². The molecule has 0 aromatic carbocycles. The molecule has 5 heteroatoms. The molecule has 13 unspecified atom stereocenters. The van der Waals surface area contributed by atoms with E-state index in [9.17, 15) is 15.3 Å². The molecule has 3 N–H and O–H groups in total. The minimum atomic E-state index is -0.845. The third kappa shape index (κ3) is 2.53. The molecule has 4 aliphatic carbocycles. The molecule has 6 fully saturated rings. The highest BCUT2D eigenvalue weighted by atomic mass is 16.7. The van der Waals surface area contributed by atoms with E-state index in [-0.39, 0.29) is 29.0 Å². The molecule has 0 bridgehead atoms. The Balaban J connectivity index is 1.31. The largest absolute Gasteiger partial charge is 0.393 e. The van der Waals surface area contributed by atoms with Crippen molar-refractivity contribution in [1.82, 2.24) is 0 Å². The Hall–Kier alpha value is -0.200. The molecule has 32 heavy (non-hydrogen) atoms. The molecule has 2 heterocycles. The van der Waals surface area contributed by atoms with Gasteiger partial charge in [-0.05, 0) is 86.4 Å². The Bertz CT molecular complexity index is 763. The first-order valence-electron chi connectivity index (χ1n) is 13.5. The summed E-state index contributed by atoms with van der Waals surface area (Å²) in [5, 5.41) is 33.9. The number of hydrogen-bond acceptors (Lipinski definition) is 5. The van der Waals surface area contributed by atoms with Gasteiger partial charge in [-0.3, -0.25) is 0 Å². The van der Waals surface area contributed by atoms with Gasteiger partial charge in [0.25, 0.3) is 0 Å². The SMILES string of the molecule is CC1CCC2(OC1)OC1CC3C4CCC5CC(O)CC(O)C5(C)C4CCC3(C)C1(O)C2C. The summed E-state index contributed by atoms with van der Waals surface area (Å²) in [6, 6.07) is 0. The van der Waals surface area contributed by atoms with Crippen molar-refractivity contribution in [2.75, 3.05) is 6.61 Å². The van der Waals surface area contributed by atoms with Crippen LogP contribution in [0.5, 0.6) is 0 Å². The fraction of sp³-hybridized carbons (Fsp3) is 1.00. The van der Waals surface area contributed by atoms with Crippen molar-refractivity contribution in [2.24, 2.45) is 46.3 Å². The number of hydrogen-bond donors (Lipinski definition) is 3. The lowest BCUT2D eigenvalue weighted by Gasteiger charge is -2.63. The minimum absolute atomic E-state index is 0.0265. The van der Waals surface area contributed by atoms with Crippen molar-refractivity contribution in [3.05, 3.63) is 0 Å². The van der Waals surface area contributed by atoms with E-state index in [4.69, 9.17) is 9.47 Å². The normalized spacial score (nSPS) is 64.0. The third-order valence-electron chi connectivity index (χ3n) is 12.3. The second-order valence-electron chi connectivity index (χ2n) is 13.3. The molecule has 2 aliphatic heterocycles.